The van der Waals surface area contributed by atoms with Gasteiger partial charge in [0.05, 0.1) is 4.90 Å². The van der Waals surface area contributed by atoms with Crippen LogP contribution in [0.25, 0.3) is 0 Å². The van der Waals surface area contributed by atoms with E-state index in [0.29, 0.717) is 10.7 Å². The third-order valence-electron chi connectivity index (χ3n) is 4.06. The lowest BCUT2D eigenvalue weighted by Gasteiger charge is -2.19. The number of benzene rings is 3. The predicted octanol–water partition coefficient (Wildman–Crippen LogP) is 3.87. The van der Waals surface area contributed by atoms with E-state index in [-0.39, 0.29) is 11.3 Å². The van der Waals surface area contributed by atoms with Gasteiger partial charge in [-0.15, -0.1) is 0 Å². The van der Waals surface area contributed by atoms with E-state index in [2.05, 4.69) is 10.0 Å². The quantitative estimate of drug-likeness (QED) is 0.616. The Labute approximate surface area is 169 Å². The third-order valence-corrected chi connectivity index (χ3v) is 5.80. The number of halogens is 1. The summed E-state index contributed by atoms with van der Waals surface area (Å²) >= 11 is 5.87. The Kier molecular flexibility index (Phi) is 6.46. The third kappa shape index (κ3) is 5.42. The average Bonchev–Trinajstić information content (AvgIpc) is 2.70. The highest BCUT2D eigenvalue weighted by Gasteiger charge is 2.26. The van der Waals surface area contributed by atoms with Gasteiger partial charge >= 0.3 is 0 Å². The van der Waals surface area contributed by atoms with E-state index >= 15 is 0 Å². The summed E-state index contributed by atoms with van der Waals surface area (Å²) in [4.78, 5) is 12.9. The Morgan fingerprint density at radius 2 is 1.43 bits per heavy atom. The number of carbonyl (C=O) groups is 1. The highest BCUT2D eigenvalue weighted by atomic mass is 35.5. The maximum atomic E-state index is 12.8. The smallest absolute Gasteiger partial charge is 0.242 e. The molecule has 0 saturated heterocycles. The van der Waals surface area contributed by atoms with Gasteiger partial charge in [0, 0.05) is 10.7 Å². The minimum absolute atomic E-state index is 0.104. The standard InChI is InChI=1S/C21H19ClN2O3S/c22-17-11-13-18(14-12-17)23-21(25)20(15-16-7-3-1-4-8-16)24-28(26,27)19-9-5-2-6-10-19/h1-14,20,24H,15H2,(H,23,25)/t20-/m0/s1. The number of amides is 1. The van der Waals surface area contributed by atoms with Crippen LogP contribution in [0, 0.1) is 0 Å². The molecule has 0 aliphatic carbocycles. The minimum atomic E-state index is -3.86. The molecule has 0 unspecified atom stereocenters. The van der Waals surface area contributed by atoms with Gasteiger partial charge in [-0.05, 0) is 48.4 Å². The topological polar surface area (TPSA) is 75.3 Å². The van der Waals surface area contributed by atoms with E-state index < -0.39 is 22.0 Å². The van der Waals surface area contributed by atoms with Crippen molar-refractivity contribution in [3.63, 3.8) is 0 Å². The zero-order valence-corrected chi connectivity index (χ0v) is 16.5. The summed E-state index contributed by atoms with van der Waals surface area (Å²) in [5.41, 5.74) is 1.38. The van der Waals surface area contributed by atoms with Crippen LogP contribution in [0.3, 0.4) is 0 Å². The monoisotopic (exact) mass is 414 g/mol. The number of hydrogen-bond acceptors (Lipinski definition) is 3. The molecule has 0 spiro atoms. The van der Waals surface area contributed by atoms with Gasteiger partial charge in [0.1, 0.15) is 6.04 Å². The minimum Gasteiger partial charge on any atom is -0.325 e. The van der Waals surface area contributed by atoms with E-state index in [1.807, 2.05) is 30.3 Å². The average molecular weight is 415 g/mol. The Morgan fingerprint density at radius 3 is 2.04 bits per heavy atom. The summed E-state index contributed by atoms with van der Waals surface area (Å²) in [6.07, 6.45) is 0.215. The zero-order valence-electron chi connectivity index (χ0n) is 14.9. The van der Waals surface area contributed by atoms with Crippen molar-refractivity contribution in [2.75, 3.05) is 5.32 Å². The van der Waals surface area contributed by atoms with E-state index in [4.69, 9.17) is 11.6 Å². The molecule has 0 aromatic heterocycles. The highest BCUT2D eigenvalue weighted by Crippen LogP contribution is 2.15. The summed E-state index contributed by atoms with van der Waals surface area (Å²) in [6, 6.07) is 22.8. The molecule has 3 rings (SSSR count). The first kappa shape index (κ1) is 20.1. The summed E-state index contributed by atoms with van der Waals surface area (Å²) in [7, 11) is -3.86. The van der Waals surface area contributed by atoms with Gasteiger partial charge in [-0.2, -0.15) is 4.72 Å². The van der Waals surface area contributed by atoms with Gasteiger partial charge in [-0.1, -0.05) is 60.1 Å². The molecule has 0 heterocycles. The summed E-state index contributed by atoms with van der Waals surface area (Å²) in [5.74, 6) is -0.453. The van der Waals surface area contributed by atoms with Crippen molar-refractivity contribution < 1.29 is 13.2 Å². The van der Waals surface area contributed by atoms with Crippen LogP contribution in [-0.2, 0) is 21.2 Å². The van der Waals surface area contributed by atoms with Crippen LogP contribution in [0.15, 0.2) is 89.8 Å². The normalized spacial score (nSPS) is 12.3. The fourth-order valence-corrected chi connectivity index (χ4v) is 4.00. The molecule has 7 heteroatoms. The molecule has 3 aromatic rings. The Morgan fingerprint density at radius 1 is 0.857 bits per heavy atom. The van der Waals surface area contributed by atoms with Crippen molar-refractivity contribution in [2.45, 2.75) is 17.4 Å². The summed E-state index contributed by atoms with van der Waals surface area (Å²) in [6.45, 7) is 0. The number of rotatable bonds is 7. The van der Waals surface area contributed by atoms with Crippen molar-refractivity contribution in [1.82, 2.24) is 4.72 Å². The SMILES string of the molecule is O=C(Nc1ccc(Cl)cc1)[C@H](Cc1ccccc1)NS(=O)(=O)c1ccccc1. The second-order valence-electron chi connectivity index (χ2n) is 6.17. The maximum Gasteiger partial charge on any atom is 0.242 e. The van der Waals surface area contributed by atoms with Crippen LogP contribution in [0.1, 0.15) is 5.56 Å². The van der Waals surface area contributed by atoms with Crippen LogP contribution in [0.2, 0.25) is 5.02 Å². The molecule has 0 fully saturated rings. The lowest BCUT2D eigenvalue weighted by Crippen LogP contribution is -2.45. The summed E-state index contributed by atoms with van der Waals surface area (Å²) in [5, 5.41) is 3.28. The second-order valence-corrected chi connectivity index (χ2v) is 8.32. The van der Waals surface area contributed by atoms with E-state index in [1.54, 1.807) is 42.5 Å². The molecule has 1 atom stereocenters. The molecule has 3 aromatic carbocycles. The molecule has 144 valence electrons. The molecular weight excluding hydrogens is 396 g/mol. The molecule has 1 amide bonds. The number of hydrogen-bond donors (Lipinski definition) is 2. The van der Waals surface area contributed by atoms with Gasteiger partial charge in [-0.3, -0.25) is 4.79 Å². The van der Waals surface area contributed by atoms with Crippen molar-refractivity contribution in [2.24, 2.45) is 0 Å². The zero-order chi connectivity index (χ0) is 20.0. The molecular formula is C21H19ClN2O3S. The van der Waals surface area contributed by atoms with Gasteiger partial charge in [0.2, 0.25) is 15.9 Å². The molecule has 0 aliphatic rings. The van der Waals surface area contributed by atoms with Crippen molar-refractivity contribution >= 4 is 33.2 Å². The number of carbonyl (C=O) groups excluding carboxylic acids is 1. The van der Waals surface area contributed by atoms with Gasteiger partial charge in [0.15, 0.2) is 0 Å². The van der Waals surface area contributed by atoms with Crippen LogP contribution >= 0.6 is 11.6 Å². The van der Waals surface area contributed by atoms with Crippen molar-refractivity contribution in [3.05, 3.63) is 95.5 Å². The second kappa shape index (κ2) is 9.01. The molecule has 28 heavy (non-hydrogen) atoms. The largest absolute Gasteiger partial charge is 0.325 e. The van der Waals surface area contributed by atoms with Crippen LogP contribution in [0.4, 0.5) is 5.69 Å². The highest BCUT2D eigenvalue weighted by molar-refractivity contribution is 7.89. The lowest BCUT2D eigenvalue weighted by atomic mass is 10.1. The number of nitrogens with one attached hydrogen (secondary N) is 2. The van der Waals surface area contributed by atoms with Crippen LogP contribution in [-0.4, -0.2) is 20.4 Å². The lowest BCUT2D eigenvalue weighted by molar-refractivity contribution is -0.117. The first-order valence-corrected chi connectivity index (χ1v) is 10.5. The van der Waals surface area contributed by atoms with Crippen molar-refractivity contribution in [1.29, 1.82) is 0 Å². The van der Waals surface area contributed by atoms with Crippen molar-refractivity contribution in [3.8, 4) is 0 Å². The maximum absolute atomic E-state index is 12.8. The molecule has 0 bridgehead atoms. The Hall–Kier alpha value is -2.67. The van der Waals surface area contributed by atoms with Gasteiger partial charge < -0.3 is 5.32 Å². The number of anilines is 1. The van der Waals surface area contributed by atoms with Crippen LogP contribution < -0.4 is 10.0 Å². The Balaban J connectivity index is 1.84. The Bertz CT molecular complexity index is 1020. The van der Waals surface area contributed by atoms with E-state index in [1.165, 1.54) is 12.1 Å². The molecule has 5 nitrogen and oxygen atoms in total. The van der Waals surface area contributed by atoms with Gasteiger partial charge in [0.25, 0.3) is 0 Å². The van der Waals surface area contributed by atoms with E-state index in [0.717, 1.165) is 5.56 Å². The number of sulfonamides is 1. The molecule has 0 radical (unpaired) electrons. The van der Waals surface area contributed by atoms with E-state index in [9.17, 15) is 13.2 Å². The first-order chi connectivity index (χ1) is 13.4. The summed E-state index contributed by atoms with van der Waals surface area (Å²) < 4.78 is 28.0. The fourth-order valence-electron chi connectivity index (χ4n) is 2.66. The first-order valence-electron chi connectivity index (χ1n) is 8.62. The van der Waals surface area contributed by atoms with Crippen LogP contribution in [0.5, 0.6) is 0 Å². The molecule has 0 aliphatic heterocycles. The predicted molar refractivity (Wildman–Crippen MR) is 111 cm³/mol. The molecule has 0 saturated carbocycles. The fraction of sp³-hybridized carbons (Fsp3) is 0.0952. The van der Waals surface area contributed by atoms with Gasteiger partial charge in [-0.25, -0.2) is 8.42 Å². The molecule has 2 N–H and O–H groups in total.